The number of hydrogen-bond acceptors (Lipinski definition) is 4. The Morgan fingerprint density at radius 2 is 2.31 bits per heavy atom. The Kier molecular flexibility index (Phi) is 2.84. The summed E-state index contributed by atoms with van der Waals surface area (Å²) in [6, 6.07) is 0. The highest BCUT2D eigenvalue weighted by atomic mass is 31.1. The van der Waals surface area contributed by atoms with E-state index < -0.39 is 19.2 Å². The summed E-state index contributed by atoms with van der Waals surface area (Å²) in [7, 11) is 0.604. The molecule has 0 spiro atoms. The summed E-state index contributed by atoms with van der Waals surface area (Å²) < 4.78 is 20.7. The van der Waals surface area contributed by atoms with Crippen LogP contribution in [0.3, 0.4) is 0 Å². The predicted octanol–water partition coefficient (Wildman–Crippen LogP) is 1.49. The van der Waals surface area contributed by atoms with Gasteiger partial charge >= 0.3 is 14.0 Å². The lowest BCUT2D eigenvalue weighted by Gasteiger charge is -2.00. The van der Waals surface area contributed by atoms with Crippen LogP contribution >= 0.6 is 8.03 Å². The fraction of sp³-hybridized carbons (Fsp3) is 0.625. The van der Waals surface area contributed by atoms with Gasteiger partial charge in [0.05, 0.1) is 14.2 Å². The molecule has 0 aromatic rings. The maximum absolute atomic E-state index is 11.4. The number of carbonyl (C=O) groups excluding carboxylic acids is 1. The molecule has 0 aliphatic heterocycles. The number of hydrogen-bond donors (Lipinski definition) is 0. The van der Waals surface area contributed by atoms with E-state index in [4.69, 9.17) is 4.52 Å². The Hall–Kier alpha value is -0.730. The van der Waals surface area contributed by atoms with Crippen molar-refractivity contribution in [2.45, 2.75) is 11.6 Å². The van der Waals surface area contributed by atoms with Crippen LogP contribution in [0.25, 0.3) is 0 Å². The zero-order chi connectivity index (χ0) is 10.1. The molecule has 1 fully saturated rings. The molecule has 0 saturated heterocycles. The van der Waals surface area contributed by atoms with E-state index >= 15 is 0 Å². The summed E-state index contributed by atoms with van der Waals surface area (Å²) in [6.07, 6.45) is 2.12. The first-order chi connectivity index (χ1) is 6.13. The van der Waals surface area contributed by atoms with Crippen LogP contribution in [-0.2, 0) is 18.6 Å². The summed E-state index contributed by atoms with van der Waals surface area (Å²) in [5.74, 6) is -0.552. The molecule has 3 atom stereocenters. The summed E-state index contributed by atoms with van der Waals surface area (Å²) in [6.45, 7) is 3.56. The molecule has 5 heteroatoms. The van der Waals surface area contributed by atoms with E-state index in [9.17, 15) is 9.36 Å². The van der Waals surface area contributed by atoms with Gasteiger partial charge in [-0.05, 0) is 4.57 Å². The summed E-state index contributed by atoms with van der Waals surface area (Å²) >= 11 is 0. The van der Waals surface area contributed by atoms with Crippen LogP contribution in [0.4, 0.5) is 0 Å². The molecule has 0 radical (unpaired) electrons. The first-order valence-corrected chi connectivity index (χ1v) is 5.03. The van der Waals surface area contributed by atoms with Crippen LogP contribution < -0.4 is 0 Å². The molecule has 72 valence electrons. The zero-order valence-electron chi connectivity index (χ0n) is 7.65. The smallest absolute Gasteiger partial charge is 0.465 e. The fourth-order valence-electron chi connectivity index (χ4n) is 1.41. The molecule has 0 amide bonds. The van der Waals surface area contributed by atoms with Crippen molar-refractivity contribution in [3.8, 4) is 0 Å². The van der Waals surface area contributed by atoms with Crippen LogP contribution in [0.1, 0.15) is 6.42 Å². The minimum absolute atomic E-state index is 0.0801. The Bertz CT molecular complexity index is 245. The highest BCUT2D eigenvalue weighted by Gasteiger charge is 2.76. The van der Waals surface area contributed by atoms with Crippen LogP contribution in [-0.4, -0.2) is 25.3 Å². The number of rotatable bonds is 4. The Labute approximate surface area is 77.8 Å². The molecule has 13 heavy (non-hydrogen) atoms. The summed E-state index contributed by atoms with van der Waals surface area (Å²) in [4.78, 5) is 11.3. The van der Waals surface area contributed by atoms with Gasteiger partial charge in [-0.15, -0.1) is 11.1 Å². The standard InChI is InChI=1S/C8H12O4P/c1-4-6-5-8(6,7(9)11-2)13(10)12-3/h4,6H,1,5H2,2-3H3/q+1. The van der Waals surface area contributed by atoms with Crippen LogP contribution in [0, 0.1) is 5.92 Å². The first-order valence-electron chi connectivity index (χ1n) is 3.86. The van der Waals surface area contributed by atoms with E-state index in [1.165, 1.54) is 14.2 Å². The maximum Gasteiger partial charge on any atom is 0.526 e. The monoisotopic (exact) mass is 203 g/mol. The molecule has 0 bridgehead atoms. The molecular weight excluding hydrogens is 191 g/mol. The number of esters is 1. The molecule has 1 saturated carbocycles. The van der Waals surface area contributed by atoms with Gasteiger partial charge in [-0.3, -0.25) is 0 Å². The average Bonchev–Trinajstić information content (AvgIpc) is 2.91. The van der Waals surface area contributed by atoms with Crippen LogP contribution in [0.2, 0.25) is 0 Å². The largest absolute Gasteiger partial charge is 0.526 e. The molecule has 4 nitrogen and oxygen atoms in total. The van der Waals surface area contributed by atoms with Gasteiger partial charge in [0.2, 0.25) is 0 Å². The summed E-state index contributed by atoms with van der Waals surface area (Å²) in [5.41, 5.74) is 0. The van der Waals surface area contributed by atoms with Crippen molar-refractivity contribution in [2.75, 3.05) is 14.2 Å². The molecule has 1 aliphatic carbocycles. The minimum Gasteiger partial charge on any atom is -0.465 e. The molecule has 0 heterocycles. The third kappa shape index (κ3) is 1.40. The van der Waals surface area contributed by atoms with Crippen molar-refractivity contribution in [3.63, 3.8) is 0 Å². The van der Waals surface area contributed by atoms with Crippen molar-refractivity contribution in [1.82, 2.24) is 0 Å². The number of ether oxygens (including phenoxy) is 1. The van der Waals surface area contributed by atoms with E-state index in [2.05, 4.69) is 11.3 Å². The second-order valence-electron chi connectivity index (χ2n) is 2.90. The van der Waals surface area contributed by atoms with Gasteiger partial charge in [-0.25, -0.2) is 4.79 Å². The third-order valence-electron chi connectivity index (χ3n) is 2.30. The average molecular weight is 203 g/mol. The van der Waals surface area contributed by atoms with E-state index in [0.717, 1.165) is 0 Å². The molecule has 0 aromatic carbocycles. The predicted molar refractivity (Wildman–Crippen MR) is 47.7 cm³/mol. The lowest BCUT2D eigenvalue weighted by atomic mass is 10.3. The van der Waals surface area contributed by atoms with Crippen molar-refractivity contribution in [3.05, 3.63) is 12.7 Å². The van der Waals surface area contributed by atoms with E-state index in [-0.39, 0.29) is 5.92 Å². The molecule has 3 unspecified atom stereocenters. The van der Waals surface area contributed by atoms with Gasteiger partial charge in [0.25, 0.3) is 5.16 Å². The van der Waals surface area contributed by atoms with Crippen molar-refractivity contribution in [1.29, 1.82) is 0 Å². The van der Waals surface area contributed by atoms with Gasteiger partial charge < -0.3 is 4.74 Å². The van der Waals surface area contributed by atoms with Crippen molar-refractivity contribution < 1.29 is 18.6 Å². The van der Waals surface area contributed by atoms with E-state index in [1.54, 1.807) is 6.08 Å². The molecular formula is C8H12O4P+. The Morgan fingerprint density at radius 3 is 2.62 bits per heavy atom. The van der Waals surface area contributed by atoms with Gasteiger partial charge in [0.15, 0.2) is 0 Å². The second-order valence-corrected chi connectivity index (χ2v) is 4.58. The normalized spacial score (nSPS) is 32.2. The molecule has 1 rings (SSSR count). The second kappa shape index (κ2) is 3.56. The number of allylic oxidation sites excluding steroid dienone is 1. The topological polar surface area (TPSA) is 52.6 Å². The quantitative estimate of drug-likeness (QED) is 0.394. The van der Waals surface area contributed by atoms with Crippen LogP contribution in [0.15, 0.2) is 12.7 Å². The van der Waals surface area contributed by atoms with E-state index in [0.29, 0.717) is 6.42 Å². The minimum atomic E-state index is -2.00. The van der Waals surface area contributed by atoms with Gasteiger partial charge in [-0.1, -0.05) is 6.08 Å². The van der Waals surface area contributed by atoms with Gasteiger partial charge in [0, 0.05) is 12.3 Å². The lowest BCUT2D eigenvalue weighted by Crippen LogP contribution is -2.22. The zero-order valence-corrected chi connectivity index (χ0v) is 8.54. The maximum atomic E-state index is 11.4. The van der Waals surface area contributed by atoms with Gasteiger partial charge in [-0.2, -0.15) is 0 Å². The van der Waals surface area contributed by atoms with E-state index in [1.807, 2.05) is 0 Å². The lowest BCUT2D eigenvalue weighted by molar-refractivity contribution is -0.141. The SMILES string of the molecule is C=CC1CC1(C(=O)OC)[P+](=O)OC. The van der Waals surface area contributed by atoms with Crippen molar-refractivity contribution in [2.24, 2.45) is 5.92 Å². The van der Waals surface area contributed by atoms with Crippen LogP contribution in [0.5, 0.6) is 0 Å². The fourth-order valence-corrected chi connectivity index (χ4v) is 2.70. The Balaban J connectivity index is 2.86. The molecule has 1 aliphatic rings. The molecule has 0 N–H and O–H groups in total. The number of carbonyl (C=O) groups is 1. The Morgan fingerprint density at radius 1 is 1.69 bits per heavy atom. The van der Waals surface area contributed by atoms with Crippen molar-refractivity contribution >= 4 is 14.0 Å². The first kappa shape index (κ1) is 10.4. The molecule has 0 aromatic heterocycles. The number of methoxy groups -OCH3 is 1. The highest BCUT2D eigenvalue weighted by Crippen LogP contribution is 2.62. The highest BCUT2D eigenvalue weighted by molar-refractivity contribution is 7.43. The van der Waals surface area contributed by atoms with Gasteiger partial charge in [0.1, 0.15) is 0 Å². The summed E-state index contributed by atoms with van der Waals surface area (Å²) in [5, 5.41) is -0.958. The third-order valence-corrected chi connectivity index (χ3v) is 3.98.